The van der Waals surface area contributed by atoms with Crippen molar-refractivity contribution in [1.82, 2.24) is 14.5 Å². The molecule has 0 saturated heterocycles. The molecule has 0 spiro atoms. The molecule has 8 heteroatoms. The van der Waals surface area contributed by atoms with Crippen LogP contribution in [0.5, 0.6) is 0 Å². The van der Waals surface area contributed by atoms with Crippen molar-refractivity contribution in [2.45, 2.75) is 11.8 Å². The highest BCUT2D eigenvalue weighted by atomic mass is 35.5. The lowest BCUT2D eigenvalue weighted by atomic mass is 10.4. The monoisotopic (exact) mass is 347 g/mol. The molecule has 0 aliphatic heterocycles. The van der Waals surface area contributed by atoms with Gasteiger partial charge in [0.2, 0.25) is 15.9 Å². The van der Waals surface area contributed by atoms with E-state index >= 15 is 0 Å². The van der Waals surface area contributed by atoms with Crippen LogP contribution < -0.4 is 4.72 Å². The Morgan fingerprint density at radius 1 is 1.23 bits per heavy atom. The van der Waals surface area contributed by atoms with E-state index in [4.69, 9.17) is 11.6 Å². The molecule has 0 aliphatic rings. The fourth-order valence-electron chi connectivity index (χ4n) is 1.78. The molecule has 0 aliphatic carbocycles. The van der Waals surface area contributed by atoms with E-state index in [0.717, 1.165) is 6.54 Å². The standard InChI is InChI=1S/C14H22ClN3O3S/c1-12(19)18(10-9-17(2)3)8-7-16-22(20,21)14-6-4-5-13(15)11-14/h4-6,11,16H,7-10H2,1-3H3. The van der Waals surface area contributed by atoms with Crippen molar-refractivity contribution in [1.29, 1.82) is 0 Å². The molecule has 124 valence electrons. The number of rotatable bonds is 8. The van der Waals surface area contributed by atoms with Crippen molar-refractivity contribution < 1.29 is 13.2 Å². The maximum atomic E-state index is 12.1. The Morgan fingerprint density at radius 3 is 2.45 bits per heavy atom. The van der Waals surface area contributed by atoms with E-state index in [-0.39, 0.29) is 17.3 Å². The van der Waals surface area contributed by atoms with Gasteiger partial charge in [0.05, 0.1) is 4.90 Å². The van der Waals surface area contributed by atoms with E-state index in [9.17, 15) is 13.2 Å². The molecule has 0 heterocycles. The number of halogens is 1. The average molecular weight is 348 g/mol. The zero-order valence-electron chi connectivity index (χ0n) is 13.0. The molecule has 22 heavy (non-hydrogen) atoms. The molecular formula is C14H22ClN3O3S. The van der Waals surface area contributed by atoms with Crippen molar-refractivity contribution in [2.75, 3.05) is 40.3 Å². The summed E-state index contributed by atoms with van der Waals surface area (Å²) in [6, 6.07) is 6.05. The van der Waals surface area contributed by atoms with Gasteiger partial charge in [0.1, 0.15) is 0 Å². The number of nitrogens with zero attached hydrogens (tertiary/aromatic N) is 2. The molecular weight excluding hydrogens is 326 g/mol. The lowest BCUT2D eigenvalue weighted by Crippen LogP contribution is -2.40. The van der Waals surface area contributed by atoms with Crippen molar-refractivity contribution in [3.63, 3.8) is 0 Å². The maximum Gasteiger partial charge on any atom is 0.240 e. The Bertz CT molecular complexity index is 605. The minimum atomic E-state index is -3.62. The van der Waals surface area contributed by atoms with Crippen molar-refractivity contribution in [2.24, 2.45) is 0 Å². The van der Waals surface area contributed by atoms with Gasteiger partial charge in [-0.05, 0) is 32.3 Å². The lowest BCUT2D eigenvalue weighted by molar-refractivity contribution is -0.128. The highest BCUT2D eigenvalue weighted by Crippen LogP contribution is 2.14. The lowest BCUT2D eigenvalue weighted by Gasteiger charge is -2.23. The highest BCUT2D eigenvalue weighted by Gasteiger charge is 2.15. The first-order valence-corrected chi connectivity index (χ1v) is 8.74. The Balaban J connectivity index is 2.58. The van der Waals surface area contributed by atoms with Gasteiger partial charge in [-0.25, -0.2) is 13.1 Å². The molecule has 1 aromatic rings. The highest BCUT2D eigenvalue weighted by molar-refractivity contribution is 7.89. The molecule has 1 N–H and O–H groups in total. The summed E-state index contributed by atoms with van der Waals surface area (Å²) in [7, 11) is 0.215. The van der Waals surface area contributed by atoms with Crippen molar-refractivity contribution >= 4 is 27.5 Å². The molecule has 1 rings (SSSR count). The van der Waals surface area contributed by atoms with Crippen LogP contribution in [0.1, 0.15) is 6.92 Å². The number of sulfonamides is 1. The number of benzene rings is 1. The van der Waals surface area contributed by atoms with Gasteiger partial charge in [-0.15, -0.1) is 0 Å². The first kappa shape index (κ1) is 18.9. The summed E-state index contributed by atoms with van der Waals surface area (Å²) in [5, 5.41) is 0.360. The van der Waals surface area contributed by atoms with Crippen LogP contribution >= 0.6 is 11.6 Å². The van der Waals surface area contributed by atoms with Gasteiger partial charge in [-0.2, -0.15) is 0 Å². The van der Waals surface area contributed by atoms with Crippen LogP contribution in [-0.2, 0) is 14.8 Å². The van der Waals surface area contributed by atoms with Gasteiger partial charge in [0, 0.05) is 38.1 Å². The molecule has 0 saturated carbocycles. The molecule has 0 unspecified atom stereocenters. The summed E-state index contributed by atoms with van der Waals surface area (Å²) >= 11 is 5.80. The minimum Gasteiger partial charge on any atom is -0.340 e. The Hall–Kier alpha value is -1.15. The van der Waals surface area contributed by atoms with Gasteiger partial charge in [-0.1, -0.05) is 17.7 Å². The quantitative estimate of drug-likeness (QED) is 0.762. The number of hydrogen-bond donors (Lipinski definition) is 1. The SMILES string of the molecule is CC(=O)N(CCNS(=O)(=O)c1cccc(Cl)c1)CCN(C)C. The molecule has 0 atom stereocenters. The second kappa shape index (κ2) is 8.47. The second-order valence-corrected chi connectivity index (χ2v) is 7.37. The zero-order chi connectivity index (χ0) is 16.8. The fraction of sp³-hybridized carbons (Fsp3) is 0.500. The third kappa shape index (κ3) is 6.31. The molecule has 1 aromatic carbocycles. The van der Waals surface area contributed by atoms with Crippen molar-refractivity contribution in [3.05, 3.63) is 29.3 Å². The largest absolute Gasteiger partial charge is 0.340 e. The molecule has 0 radical (unpaired) electrons. The van der Waals surface area contributed by atoms with Crippen LogP contribution in [0.25, 0.3) is 0 Å². The number of amides is 1. The molecule has 6 nitrogen and oxygen atoms in total. The van der Waals surface area contributed by atoms with E-state index in [0.29, 0.717) is 18.1 Å². The van der Waals surface area contributed by atoms with E-state index < -0.39 is 10.0 Å². The topological polar surface area (TPSA) is 69.7 Å². The van der Waals surface area contributed by atoms with Gasteiger partial charge in [-0.3, -0.25) is 4.79 Å². The molecule has 0 fully saturated rings. The van der Waals surface area contributed by atoms with Gasteiger partial charge in [0.15, 0.2) is 0 Å². The molecule has 0 bridgehead atoms. The molecule has 1 amide bonds. The van der Waals surface area contributed by atoms with Crippen LogP contribution in [-0.4, -0.2) is 64.4 Å². The zero-order valence-corrected chi connectivity index (χ0v) is 14.6. The van der Waals surface area contributed by atoms with Crippen LogP contribution in [0.2, 0.25) is 5.02 Å². The van der Waals surface area contributed by atoms with Crippen LogP contribution in [0, 0.1) is 0 Å². The number of nitrogens with one attached hydrogen (secondary N) is 1. The second-order valence-electron chi connectivity index (χ2n) is 5.16. The van der Waals surface area contributed by atoms with Crippen molar-refractivity contribution in [3.8, 4) is 0 Å². The number of hydrogen-bond acceptors (Lipinski definition) is 4. The predicted molar refractivity (Wildman–Crippen MR) is 87.4 cm³/mol. The number of likely N-dealkylation sites (N-methyl/N-ethyl adjacent to an activating group) is 1. The summed E-state index contributed by atoms with van der Waals surface area (Å²) in [6.45, 7) is 3.23. The third-order valence-electron chi connectivity index (χ3n) is 3.04. The fourth-order valence-corrected chi connectivity index (χ4v) is 3.10. The maximum absolute atomic E-state index is 12.1. The Kier molecular flexibility index (Phi) is 7.28. The van der Waals surface area contributed by atoms with E-state index in [1.165, 1.54) is 19.1 Å². The normalized spacial score (nSPS) is 11.7. The summed E-state index contributed by atoms with van der Waals surface area (Å²) in [5.41, 5.74) is 0. The average Bonchev–Trinajstić information content (AvgIpc) is 2.41. The summed E-state index contributed by atoms with van der Waals surface area (Å²) in [5.74, 6) is -0.0798. The van der Waals surface area contributed by atoms with E-state index in [1.54, 1.807) is 17.0 Å². The van der Waals surface area contributed by atoms with Gasteiger partial charge >= 0.3 is 0 Å². The van der Waals surface area contributed by atoms with Crippen LogP contribution in [0.3, 0.4) is 0 Å². The number of carbonyl (C=O) groups excluding carboxylic acids is 1. The number of carbonyl (C=O) groups is 1. The summed E-state index contributed by atoms with van der Waals surface area (Å²) < 4.78 is 26.7. The Morgan fingerprint density at radius 2 is 1.91 bits per heavy atom. The van der Waals surface area contributed by atoms with E-state index in [2.05, 4.69) is 4.72 Å². The minimum absolute atomic E-state index is 0.0798. The van der Waals surface area contributed by atoms with E-state index in [1.807, 2.05) is 19.0 Å². The van der Waals surface area contributed by atoms with Crippen LogP contribution in [0.15, 0.2) is 29.2 Å². The first-order chi connectivity index (χ1) is 10.2. The smallest absolute Gasteiger partial charge is 0.240 e. The first-order valence-electron chi connectivity index (χ1n) is 6.88. The summed E-state index contributed by atoms with van der Waals surface area (Å²) in [6.07, 6.45) is 0. The predicted octanol–water partition coefficient (Wildman–Crippen LogP) is 1.03. The summed E-state index contributed by atoms with van der Waals surface area (Å²) in [4.78, 5) is 15.2. The van der Waals surface area contributed by atoms with Crippen LogP contribution in [0.4, 0.5) is 0 Å². The van der Waals surface area contributed by atoms with Gasteiger partial charge in [0.25, 0.3) is 0 Å². The third-order valence-corrected chi connectivity index (χ3v) is 4.74. The molecule has 0 aromatic heterocycles. The Labute approximate surface area is 137 Å². The van der Waals surface area contributed by atoms with Gasteiger partial charge < -0.3 is 9.80 Å².